The summed E-state index contributed by atoms with van der Waals surface area (Å²) in [6.07, 6.45) is 0.577. The Morgan fingerprint density at radius 2 is 1.73 bits per heavy atom. The van der Waals surface area contributed by atoms with Crippen LogP contribution in [0.25, 0.3) is 0 Å². The van der Waals surface area contributed by atoms with Crippen LogP contribution in [0.5, 0.6) is 0 Å². The summed E-state index contributed by atoms with van der Waals surface area (Å²) in [7, 11) is 0.722. The summed E-state index contributed by atoms with van der Waals surface area (Å²) in [5, 5.41) is 0. The van der Waals surface area contributed by atoms with E-state index in [0.29, 0.717) is 12.5 Å². The molecule has 0 radical (unpaired) electrons. The van der Waals surface area contributed by atoms with E-state index in [1.54, 1.807) is 0 Å². The van der Waals surface area contributed by atoms with Gasteiger partial charge in [0.1, 0.15) is 0 Å². The fourth-order valence-electron chi connectivity index (χ4n) is 0.819. The monoisotopic (exact) mass is 240 g/mol. The van der Waals surface area contributed by atoms with Crippen LogP contribution in [0, 0.1) is 0 Å². The molecule has 0 saturated heterocycles. The molecule has 0 aromatic carbocycles. The van der Waals surface area contributed by atoms with Gasteiger partial charge in [-0.05, 0) is 10.6 Å². The van der Waals surface area contributed by atoms with Crippen LogP contribution in [0.2, 0.25) is 0 Å². The zero-order valence-electron chi connectivity index (χ0n) is 10.2. The lowest BCUT2D eigenvalue weighted by Crippen LogP contribution is -2.35. The summed E-state index contributed by atoms with van der Waals surface area (Å²) in [6.45, 7) is 5.73. The molecule has 6 heteroatoms. The van der Waals surface area contributed by atoms with E-state index in [9.17, 15) is 4.57 Å². The predicted octanol–water partition coefficient (Wildman–Crippen LogP) is 1.47. The summed E-state index contributed by atoms with van der Waals surface area (Å²) in [5.74, 6) is -0.887. The first-order valence-electron chi connectivity index (χ1n) is 4.83. The Hall–Kier alpha value is -0.0600. The van der Waals surface area contributed by atoms with Gasteiger partial charge in [-0.25, -0.2) is 0 Å². The molecule has 5 nitrogen and oxygen atoms in total. The van der Waals surface area contributed by atoms with E-state index >= 15 is 0 Å². The highest BCUT2D eigenvalue weighted by Crippen LogP contribution is 2.27. The molecule has 15 heavy (non-hydrogen) atoms. The number of hydrogen-bond acceptors (Lipinski definition) is 4. The number of rotatable bonds is 5. The number of methoxy groups -OCH3 is 2. The van der Waals surface area contributed by atoms with Crippen LogP contribution >= 0.6 is 8.03 Å². The first kappa shape index (κ1) is 17.3. The molecule has 0 saturated carbocycles. The second kappa shape index (κ2) is 9.19. The molecule has 0 aromatic heterocycles. The predicted molar refractivity (Wildman–Crippen MR) is 61.1 cm³/mol. The quantitative estimate of drug-likeness (QED) is 0.561. The van der Waals surface area contributed by atoms with Gasteiger partial charge in [0.15, 0.2) is 0 Å². The summed E-state index contributed by atoms with van der Waals surface area (Å²) < 4.78 is 20.4. The van der Waals surface area contributed by atoms with Crippen LogP contribution in [-0.4, -0.2) is 37.1 Å². The molecule has 3 N–H and O–H groups in total. The Morgan fingerprint density at radius 1 is 1.40 bits per heavy atom. The second-order valence-electron chi connectivity index (χ2n) is 3.43. The van der Waals surface area contributed by atoms with Crippen molar-refractivity contribution >= 4 is 8.03 Å². The fourth-order valence-corrected chi connectivity index (χ4v) is 1.71. The van der Waals surface area contributed by atoms with Gasteiger partial charge in [-0.3, -0.25) is 0 Å². The maximum Gasteiger partial charge on any atom is 0.511 e. The summed E-state index contributed by atoms with van der Waals surface area (Å²) in [5.41, 5.74) is 5.11. The third kappa shape index (κ3) is 10.2. The van der Waals surface area contributed by atoms with Gasteiger partial charge in [0.05, 0.1) is 0 Å². The molecule has 0 heterocycles. The molecule has 0 aliphatic rings. The minimum absolute atomic E-state index is 0.0197. The van der Waals surface area contributed by atoms with Crippen molar-refractivity contribution in [2.24, 2.45) is 5.73 Å². The molecule has 0 bridgehead atoms. The van der Waals surface area contributed by atoms with E-state index in [1.165, 1.54) is 14.2 Å². The maximum atomic E-state index is 10.5. The largest absolute Gasteiger partial charge is 0.511 e. The van der Waals surface area contributed by atoms with Crippen molar-refractivity contribution < 1.29 is 18.9 Å². The van der Waals surface area contributed by atoms with E-state index in [1.807, 2.05) is 20.8 Å². The second-order valence-corrected chi connectivity index (χ2v) is 4.45. The topological polar surface area (TPSA) is 81.8 Å². The minimum Gasteiger partial charge on any atom is -0.350 e. The van der Waals surface area contributed by atoms with Gasteiger partial charge in [0.25, 0.3) is 0 Å². The van der Waals surface area contributed by atoms with Crippen molar-refractivity contribution in [3.05, 3.63) is 0 Å². The molecule has 1 atom stereocenters. The van der Waals surface area contributed by atoms with Crippen LogP contribution in [0.15, 0.2) is 0 Å². The zero-order valence-corrected chi connectivity index (χ0v) is 11.1. The van der Waals surface area contributed by atoms with Crippen LogP contribution in [0.1, 0.15) is 27.2 Å². The van der Waals surface area contributed by atoms with E-state index in [-0.39, 0.29) is 6.16 Å². The van der Waals surface area contributed by atoms with Crippen molar-refractivity contribution in [2.75, 3.05) is 20.4 Å². The number of nitrogens with two attached hydrogens (primary N) is 1. The third-order valence-corrected chi connectivity index (χ3v) is 2.41. The molecule has 1 unspecified atom stereocenters. The van der Waals surface area contributed by atoms with E-state index < -0.39 is 13.8 Å². The Bertz CT molecular complexity index is 160. The van der Waals surface area contributed by atoms with Gasteiger partial charge in [-0.1, -0.05) is 20.8 Å². The van der Waals surface area contributed by atoms with Gasteiger partial charge >= 0.3 is 8.03 Å². The molecule has 0 amide bonds. The van der Waals surface area contributed by atoms with Gasteiger partial charge in [0.2, 0.25) is 11.9 Å². The number of hydrogen-bond donors (Lipinski definition) is 2. The fraction of sp³-hybridized carbons (Fsp3) is 1.00. The van der Waals surface area contributed by atoms with Gasteiger partial charge in [-0.2, -0.15) is 4.89 Å². The lowest BCUT2D eigenvalue weighted by atomic mass is 10.2. The zero-order chi connectivity index (χ0) is 12.5. The summed E-state index contributed by atoms with van der Waals surface area (Å²) >= 11 is 0. The average molecular weight is 240 g/mol. The smallest absolute Gasteiger partial charge is 0.350 e. The maximum absolute atomic E-state index is 10.5. The molecule has 0 aliphatic heterocycles. The molecule has 0 aliphatic carbocycles. The normalized spacial score (nSPS) is 12.1. The van der Waals surface area contributed by atoms with Gasteiger partial charge < -0.3 is 15.2 Å². The standard InChI is InChI=1S/C6H13O4P.C3H9N/c1-4-6(9-2,10-3)5-11(7)8;1-3(2)4/h4-5H2,1-3H3;3H,4H2,1-2H3/p+1. The van der Waals surface area contributed by atoms with E-state index in [0.717, 1.165) is 0 Å². The summed E-state index contributed by atoms with van der Waals surface area (Å²) in [4.78, 5) is 8.63. The van der Waals surface area contributed by atoms with Crippen LogP contribution < -0.4 is 5.73 Å². The number of ether oxygens (including phenoxy) is 2. The Labute approximate surface area is 92.8 Å². The van der Waals surface area contributed by atoms with Gasteiger partial charge in [-0.15, -0.1) is 0 Å². The molecule has 0 fully saturated rings. The Balaban J connectivity index is 0. The SMILES string of the molecule is CC(C)N.CCC(C[P+](=O)O)(OC)OC. The lowest BCUT2D eigenvalue weighted by molar-refractivity contribution is -0.191. The molecule has 92 valence electrons. The highest BCUT2D eigenvalue weighted by atomic mass is 31.1. The first-order chi connectivity index (χ1) is 6.83. The lowest BCUT2D eigenvalue weighted by Gasteiger charge is -2.23. The first-order valence-corrected chi connectivity index (χ1v) is 6.22. The Morgan fingerprint density at radius 3 is 1.80 bits per heavy atom. The van der Waals surface area contributed by atoms with Crippen molar-refractivity contribution in [3.63, 3.8) is 0 Å². The minimum atomic E-state index is -2.21. The van der Waals surface area contributed by atoms with Crippen molar-refractivity contribution in [2.45, 2.75) is 39.0 Å². The van der Waals surface area contributed by atoms with Crippen molar-refractivity contribution in [1.82, 2.24) is 0 Å². The van der Waals surface area contributed by atoms with Crippen LogP contribution in [0.4, 0.5) is 0 Å². The molecular weight excluding hydrogens is 217 g/mol. The van der Waals surface area contributed by atoms with Crippen molar-refractivity contribution in [3.8, 4) is 0 Å². The van der Waals surface area contributed by atoms with Crippen LogP contribution in [-0.2, 0) is 14.0 Å². The third-order valence-electron chi connectivity index (χ3n) is 1.66. The molecule has 0 rings (SSSR count). The van der Waals surface area contributed by atoms with Crippen LogP contribution in [0.3, 0.4) is 0 Å². The Kier molecular flexibility index (Phi) is 10.6. The van der Waals surface area contributed by atoms with E-state index in [4.69, 9.17) is 20.1 Å². The average Bonchev–Trinajstić information content (AvgIpc) is 2.13. The highest BCUT2D eigenvalue weighted by molar-refractivity contribution is 7.38. The molecular formula is C9H23NO4P+. The highest BCUT2D eigenvalue weighted by Gasteiger charge is 2.37. The summed E-state index contributed by atoms with van der Waals surface area (Å²) in [6, 6.07) is 0.333. The van der Waals surface area contributed by atoms with Gasteiger partial charge in [0, 0.05) is 20.6 Å². The van der Waals surface area contributed by atoms with Crippen molar-refractivity contribution in [1.29, 1.82) is 0 Å². The van der Waals surface area contributed by atoms with E-state index in [2.05, 4.69) is 0 Å². The molecule has 0 spiro atoms. The molecule has 0 aromatic rings.